The van der Waals surface area contributed by atoms with Crippen LogP contribution in [0, 0.1) is 6.92 Å². The summed E-state index contributed by atoms with van der Waals surface area (Å²) in [4.78, 5) is 17.3. The Bertz CT molecular complexity index is 1200. The number of aromatic nitrogens is 4. The van der Waals surface area contributed by atoms with Gasteiger partial charge in [0.05, 0.1) is 0 Å². The summed E-state index contributed by atoms with van der Waals surface area (Å²) in [5.74, 6) is 0.723. The quantitative estimate of drug-likeness (QED) is 0.419. The van der Waals surface area contributed by atoms with Crippen molar-refractivity contribution in [3.63, 3.8) is 0 Å². The SMILES string of the molecule is Cc1ccc(-n2c(SC(C(=O)NC3CC3)c3ccccc3)nnc2-c2ccncc2)cc1. The highest BCUT2D eigenvalue weighted by atomic mass is 32.2. The Balaban J connectivity index is 1.57. The topological polar surface area (TPSA) is 72.7 Å². The minimum Gasteiger partial charge on any atom is -0.352 e. The Morgan fingerprint density at radius 1 is 1.00 bits per heavy atom. The molecule has 4 aromatic rings. The molecule has 1 aliphatic carbocycles. The number of rotatable bonds is 7. The molecule has 0 radical (unpaired) electrons. The summed E-state index contributed by atoms with van der Waals surface area (Å²) in [6, 6.07) is 22.2. The monoisotopic (exact) mass is 441 g/mol. The van der Waals surface area contributed by atoms with Gasteiger partial charge in [-0.1, -0.05) is 59.8 Å². The molecule has 2 aromatic heterocycles. The highest BCUT2D eigenvalue weighted by Gasteiger charge is 2.31. The second kappa shape index (κ2) is 8.96. The molecule has 2 heterocycles. The maximum absolute atomic E-state index is 13.2. The van der Waals surface area contributed by atoms with Gasteiger partial charge in [0.1, 0.15) is 5.25 Å². The summed E-state index contributed by atoms with van der Waals surface area (Å²) in [6.07, 6.45) is 5.58. The van der Waals surface area contributed by atoms with E-state index in [9.17, 15) is 4.79 Å². The zero-order valence-electron chi connectivity index (χ0n) is 17.7. The third-order valence-electron chi connectivity index (χ3n) is 5.35. The van der Waals surface area contributed by atoms with E-state index in [4.69, 9.17) is 0 Å². The van der Waals surface area contributed by atoms with Gasteiger partial charge >= 0.3 is 0 Å². The van der Waals surface area contributed by atoms with Gasteiger partial charge in [0.25, 0.3) is 0 Å². The lowest BCUT2D eigenvalue weighted by atomic mass is 10.1. The lowest BCUT2D eigenvalue weighted by Gasteiger charge is -2.17. The number of nitrogens with zero attached hydrogens (tertiary/aromatic N) is 4. The van der Waals surface area contributed by atoms with Crippen molar-refractivity contribution in [1.29, 1.82) is 0 Å². The summed E-state index contributed by atoms with van der Waals surface area (Å²) in [5, 5.41) is 12.4. The molecule has 7 heteroatoms. The third-order valence-corrected chi connectivity index (χ3v) is 6.55. The minimum absolute atomic E-state index is 0.00705. The zero-order chi connectivity index (χ0) is 21.9. The number of carbonyl (C=O) groups excluding carboxylic acids is 1. The fraction of sp³-hybridized carbons (Fsp3) is 0.200. The van der Waals surface area contributed by atoms with E-state index in [1.165, 1.54) is 17.3 Å². The molecule has 0 aliphatic heterocycles. The van der Waals surface area contributed by atoms with Gasteiger partial charge in [0, 0.05) is 29.7 Å². The molecule has 1 atom stereocenters. The van der Waals surface area contributed by atoms with Crippen molar-refractivity contribution >= 4 is 17.7 Å². The summed E-state index contributed by atoms with van der Waals surface area (Å²) < 4.78 is 2.01. The maximum Gasteiger partial charge on any atom is 0.238 e. The highest BCUT2D eigenvalue weighted by molar-refractivity contribution is 8.00. The van der Waals surface area contributed by atoms with Crippen molar-refractivity contribution in [1.82, 2.24) is 25.1 Å². The largest absolute Gasteiger partial charge is 0.352 e. The molecule has 6 nitrogen and oxygen atoms in total. The summed E-state index contributed by atoms with van der Waals surface area (Å²) >= 11 is 1.42. The van der Waals surface area contributed by atoms with E-state index in [2.05, 4.69) is 51.7 Å². The first-order chi connectivity index (χ1) is 15.7. The number of thioether (sulfide) groups is 1. The lowest BCUT2D eigenvalue weighted by molar-refractivity contribution is -0.120. The van der Waals surface area contributed by atoms with Crippen LogP contribution in [0.4, 0.5) is 0 Å². The number of carbonyl (C=O) groups is 1. The molecule has 160 valence electrons. The van der Waals surface area contributed by atoms with Gasteiger partial charge in [-0.05, 0) is 49.6 Å². The molecule has 1 aliphatic rings. The second-order valence-electron chi connectivity index (χ2n) is 7.90. The van der Waals surface area contributed by atoms with Crippen LogP contribution in [0.25, 0.3) is 17.1 Å². The van der Waals surface area contributed by atoms with Crippen molar-refractivity contribution in [2.45, 2.75) is 36.2 Å². The zero-order valence-corrected chi connectivity index (χ0v) is 18.5. The van der Waals surface area contributed by atoms with E-state index in [0.717, 1.165) is 29.7 Å². The Morgan fingerprint density at radius 3 is 2.41 bits per heavy atom. The Hall–Kier alpha value is -3.45. The standard InChI is InChI=1S/C25H23N5OS/c1-17-7-11-21(12-8-17)30-23(19-13-15-26-16-14-19)28-29-25(30)32-22(18-5-3-2-4-6-18)24(31)27-20-9-10-20/h2-8,11-16,20,22H,9-10H2,1H3,(H,27,31). The molecule has 1 fully saturated rings. The minimum atomic E-state index is -0.421. The molecule has 1 N–H and O–H groups in total. The molecule has 1 saturated carbocycles. The second-order valence-corrected chi connectivity index (χ2v) is 8.98. The number of hydrogen-bond acceptors (Lipinski definition) is 5. The first-order valence-electron chi connectivity index (χ1n) is 10.6. The first-order valence-corrected chi connectivity index (χ1v) is 11.5. The number of amides is 1. The van der Waals surface area contributed by atoms with Gasteiger partial charge in [-0.15, -0.1) is 10.2 Å². The van der Waals surface area contributed by atoms with Crippen molar-refractivity contribution < 1.29 is 4.79 Å². The maximum atomic E-state index is 13.2. The molecular formula is C25H23N5OS. The van der Waals surface area contributed by atoms with Gasteiger partial charge in [-0.2, -0.15) is 0 Å². The highest BCUT2D eigenvalue weighted by Crippen LogP contribution is 2.38. The van der Waals surface area contributed by atoms with Crippen molar-refractivity contribution in [3.05, 3.63) is 90.3 Å². The Labute approximate surface area is 191 Å². The van der Waals surface area contributed by atoms with E-state index in [1.807, 2.05) is 47.0 Å². The van der Waals surface area contributed by atoms with Crippen molar-refractivity contribution in [2.24, 2.45) is 0 Å². The molecule has 1 amide bonds. The molecular weight excluding hydrogens is 418 g/mol. The summed E-state index contributed by atoms with van der Waals surface area (Å²) in [6.45, 7) is 2.06. The number of aryl methyl sites for hydroxylation is 1. The Kier molecular flexibility index (Phi) is 5.73. The fourth-order valence-electron chi connectivity index (χ4n) is 3.47. The van der Waals surface area contributed by atoms with Gasteiger partial charge in [0.15, 0.2) is 11.0 Å². The normalized spacial score (nSPS) is 14.2. The van der Waals surface area contributed by atoms with Crippen LogP contribution in [-0.2, 0) is 4.79 Å². The summed E-state index contributed by atoms with van der Waals surface area (Å²) in [5.41, 5.74) is 3.98. The van der Waals surface area contributed by atoms with Crippen LogP contribution in [-0.4, -0.2) is 31.7 Å². The van der Waals surface area contributed by atoms with Crippen LogP contribution >= 0.6 is 11.8 Å². The number of hydrogen-bond donors (Lipinski definition) is 1. The molecule has 2 aromatic carbocycles. The predicted molar refractivity (Wildman–Crippen MR) is 126 cm³/mol. The van der Waals surface area contributed by atoms with Crippen LogP contribution in [0.1, 0.15) is 29.2 Å². The fourth-order valence-corrected chi connectivity index (χ4v) is 4.54. The smallest absolute Gasteiger partial charge is 0.238 e. The van der Waals surface area contributed by atoms with E-state index < -0.39 is 5.25 Å². The van der Waals surface area contributed by atoms with E-state index in [1.54, 1.807) is 12.4 Å². The summed E-state index contributed by atoms with van der Waals surface area (Å²) in [7, 11) is 0. The Morgan fingerprint density at radius 2 is 1.72 bits per heavy atom. The van der Waals surface area contributed by atoms with Gasteiger partial charge in [-0.25, -0.2) is 0 Å². The molecule has 5 rings (SSSR count). The van der Waals surface area contributed by atoms with Gasteiger partial charge in [0.2, 0.25) is 5.91 Å². The van der Waals surface area contributed by atoms with Crippen molar-refractivity contribution in [3.8, 4) is 17.1 Å². The first kappa shape index (κ1) is 20.5. The van der Waals surface area contributed by atoms with Crippen LogP contribution in [0.2, 0.25) is 0 Å². The van der Waals surface area contributed by atoms with Crippen LogP contribution < -0.4 is 5.32 Å². The molecule has 32 heavy (non-hydrogen) atoms. The van der Waals surface area contributed by atoms with E-state index in [0.29, 0.717) is 11.0 Å². The number of nitrogens with one attached hydrogen (secondary N) is 1. The average molecular weight is 442 g/mol. The van der Waals surface area contributed by atoms with Crippen molar-refractivity contribution in [2.75, 3.05) is 0 Å². The third kappa shape index (κ3) is 4.43. The predicted octanol–water partition coefficient (Wildman–Crippen LogP) is 4.75. The van der Waals surface area contributed by atoms with E-state index in [-0.39, 0.29) is 11.9 Å². The van der Waals surface area contributed by atoms with E-state index >= 15 is 0 Å². The lowest BCUT2D eigenvalue weighted by Crippen LogP contribution is -2.29. The average Bonchev–Trinajstić information content (AvgIpc) is 3.55. The van der Waals surface area contributed by atoms with Gasteiger partial charge in [-0.3, -0.25) is 14.3 Å². The van der Waals surface area contributed by atoms with Crippen LogP contribution in [0.3, 0.4) is 0 Å². The molecule has 0 bridgehead atoms. The van der Waals surface area contributed by atoms with Crippen LogP contribution in [0.15, 0.2) is 84.3 Å². The molecule has 1 unspecified atom stereocenters. The van der Waals surface area contributed by atoms with Gasteiger partial charge < -0.3 is 5.32 Å². The molecule has 0 saturated heterocycles. The number of pyridine rings is 1. The molecule has 0 spiro atoms. The van der Waals surface area contributed by atoms with Crippen LogP contribution in [0.5, 0.6) is 0 Å². The number of benzene rings is 2.